The van der Waals surface area contributed by atoms with Crippen molar-refractivity contribution in [1.29, 1.82) is 0 Å². The zero-order valence-electron chi connectivity index (χ0n) is 27.9. The lowest BCUT2D eigenvalue weighted by Gasteiger charge is -2.53. The summed E-state index contributed by atoms with van der Waals surface area (Å²) in [4.78, 5) is 39.6. The van der Waals surface area contributed by atoms with E-state index in [-0.39, 0.29) is 24.1 Å². The summed E-state index contributed by atoms with van der Waals surface area (Å²) in [5.74, 6) is -1.64. The van der Waals surface area contributed by atoms with Gasteiger partial charge in [0.2, 0.25) is 0 Å². The van der Waals surface area contributed by atoms with Crippen molar-refractivity contribution in [3.8, 4) is 0 Å². The van der Waals surface area contributed by atoms with Crippen molar-refractivity contribution in [1.82, 2.24) is 24.7 Å². The highest BCUT2D eigenvalue weighted by Gasteiger charge is 2.48. The third-order valence-corrected chi connectivity index (χ3v) is 10.3. The zero-order valence-corrected chi connectivity index (χ0v) is 27.9. The minimum absolute atomic E-state index is 0.0843. The number of halogens is 3. The fourth-order valence-electron chi connectivity index (χ4n) is 7.15. The molecule has 270 valence electrons. The van der Waals surface area contributed by atoms with Gasteiger partial charge < -0.3 is 34.8 Å². The van der Waals surface area contributed by atoms with Gasteiger partial charge in [-0.3, -0.25) is 14.6 Å². The van der Waals surface area contributed by atoms with Gasteiger partial charge in [-0.1, -0.05) is 12.1 Å². The molecule has 3 saturated heterocycles. The number of ether oxygens (including phenoxy) is 2. The van der Waals surface area contributed by atoms with Crippen LogP contribution in [0.5, 0.6) is 0 Å². The van der Waals surface area contributed by atoms with E-state index in [1.54, 1.807) is 13.8 Å². The Morgan fingerprint density at radius 2 is 1.61 bits per heavy atom. The number of hydrogen-bond acceptors (Lipinski definition) is 11. The van der Waals surface area contributed by atoms with Crippen LogP contribution in [-0.2, 0) is 20.4 Å². The first-order valence-electron chi connectivity index (χ1n) is 16.3. The molecule has 3 fully saturated rings. The monoisotopic (exact) mass is 695 g/mol. The van der Waals surface area contributed by atoms with E-state index in [0.29, 0.717) is 55.2 Å². The maximum atomic E-state index is 13.4. The number of aryl methyl sites for hydroxylation is 2. The Hall–Kier alpha value is -3.25. The predicted molar refractivity (Wildman–Crippen MR) is 167 cm³/mol. The molecule has 1 aromatic heterocycles. The highest BCUT2D eigenvalue weighted by molar-refractivity contribution is 5.96. The number of nitrogens with zero attached hydrogens (tertiary/aromatic N) is 5. The number of likely N-dealkylation sites (tertiary alicyclic amines) is 1. The van der Waals surface area contributed by atoms with E-state index in [9.17, 15) is 43.2 Å². The van der Waals surface area contributed by atoms with Crippen LogP contribution in [0.25, 0.3) is 0 Å². The molecule has 3 aliphatic rings. The molecule has 0 saturated carbocycles. The van der Waals surface area contributed by atoms with Crippen LogP contribution in [0.3, 0.4) is 0 Å². The standard InChI is InChI=1S/C33H44F3N5O8/c1-18-15-40(32(4)9-11-39(12-10-32)29(45)24-19(2)37-17-38-20(24)3)13-14-41(18)23(21-5-7-22(8-6-21)33(34,35)36)16-48-31-27(44)25(42)26(43)28(49-31)30(46)47/h5-8,17-18,23,25-28,31,42-44H,9-16H2,1-4H3,(H,46,47)/t18-,23-,25?,26?,27?,28?,31?/m0/s1. The van der Waals surface area contributed by atoms with Gasteiger partial charge in [-0.2, -0.15) is 13.2 Å². The van der Waals surface area contributed by atoms with Crippen molar-refractivity contribution in [2.24, 2.45) is 0 Å². The molecule has 0 aliphatic carbocycles. The van der Waals surface area contributed by atoms with Crippen LogP contribution in [-0.4, -0.2) is 139 Å². The van der Waals surface area contributed by atoms with Crippen molar-refractivity contribution in [2.45, 2.75) is 95.0 Å². The molecule has 7 atom stereocenters. The van der Waals surface area contributed by atoms with E-state index in [0.717, 1.165) is 25.0 Å². The molecular weight excluding hydrogens is 651 g/mol. The SMILES string of the molecule is Cc1ncnc(C)c1C(=O)N1CCC(C)(N2CCN([C@@H](COC3OC(C(=O)O)C(O)C(O)C3O)c3ccc(C(F)(F)F)cc3)[C@@H](C)C2)CC1. The topological polar surface area (TPSA) is 169 Å². The molecule has 4 heterocycles. The summed E-state index contributed by atoms with van der Waals surface area (Å²) in [5, 5.41) is 40.2. The zero-order chi connectivity index (χ0) is 35.8. The second-order valence-corrected chi connectivity index (χ2v) is 13.4. The molecular formula is C33H44F3N5O8. The largest absolute Gasteiger partial charge is 0.479 e. The number of amides is 1. The van der Waals surface area contributed by atoms with E-state index in [1.165, 1.54) is 18.5 Å². The van der Waals surface area contributed by atoms with Crippen molar-refractivity contribution < 1.29 is 52.7 Å². The summed E-state index contributed by atoms with van der Waals surface area (Å²) < 4.78 is 51.3. The molecule has 5 rings (SSSR count). The third-order valence-electron chi connectivity index (χ3n) is 10.3. The number of carboxylic acid groups (broad SMARTS) is 1. The van der Waals surface area contributed by atoms with Crippen LogP contribution in [0.4, 0.5) is 13.2 Å². The molecule has 13 nitrogen and oxygen atoms in total. The normalized spacial score (nSPS) is 29.1. The minimum atomic E-state index is -4.53. The quantitative estimate of drug-likeness (QED) is 0.316. The fourth-order valence-corrected chi connectivity index (χ4v) is 7.15. The summed E-state index contributed by atoms with van der Waals surface area (Å²) in [6.45, 7) is 10.4. The summed E-state index contributed by atoms with van der Waals surface area (Å²) >= 11 is 0. The van der Waals surface area contributed by atoms with Crippen LogP contribution >= 0.6 is 0 Å². The Morgan fingerprint density at radius 3 is 2.16 bits per heavy atom. The van der Waals surface area contributed by atoms with Gasteiger partial charge >= 0.3 is 12.1 Å². The number of aliphatic hydroxyl groups excluding tert-OH is 3. The van der Waals surface area contributed by atoms with E-state index in [2.05, 4.69) is 26.7 Å². The first kappa shape index (κ1) is 37.0. The van der Waals surface area contributed by atoms with Crippen LogP contribution in [0.15, 0.2) is 30.6 Å². The molecule has 1 aromatic carbocycles. The van der Waals surface area contributed by atoms with Gasteiger partial charge in [0.05, 0.1) is 35.2 Å². The number of aromatic nitrogens is 2. The van der Waals surface area contributed by atoms with E-state index in [4.69, 9.17) is 9.47 Å². The number of aliphatic hydroxyl groups is 3. The number of carbonyl (C=O) groups is 2. The van der Waals surface area contributed by atoms with Crippen molar-refractivity contribution >= 4 is 11.9 Å². The first-order valence-corrected chi connectivity index (χ1v) is 16.3. The Morgan fingerprint density at radius 1 is 1.00 bits per heavy atom. The molecule has 16 heteroatoms. The van der Waals surface area contributed by atoms with Gasteiger partial charge in [0, 0.05) is 44.3 Å². The molecule has 2 aromatic rings. The van der Waals surface area contributed by atoms with E-state index < -0.39 is 54.5 Å². The average molecular weight is 696 g/mol. The number of piperidine rings is 1. The van der Waals surface area contributed by atoms with Gasteiger partial charge in [-0.15, -0.1) is 0 Å². The maximum Gasteiger partial charge on any atom is 0.416 e. The van der Waals surface area contributed by atoms with E-state index >= 15 is 0 Å². The number of carboxylic acids is 1. The smallest absolute Gasteiger partial charge is 0.416 e. The minimum Gasteiger partial charge on any atom is -0.479 e. The molecule has 0 radical (unpaired) electrons. The average Bonchev–Trinajstić information content (AvgIpc) is 3.05. The van der Waals surface area contributed by atoms with E-state index in [1.807, 2.05) is 11.8 Å². The highest BCUT2D eigenvalue weighted by atomic mass is 19.4. The number of piperazine rings is 1. The number of hydrogen-bond donors (Lipinski definition) is 4. The second-order valence-electron chi connectivity index (χ2n) is 13.4. The predicted octanol–water partition coefficient (Wildman–Crippen LogP) is 1.76. The van der Waals surface area contributed by atoms with Crippen molar-refractivity contribution in [2.75, 3.05) is 39.3 Å². The Bertz CT molecular complexity index is 1470. The molecule has 0 bridgehead atoms. The lowest BCUT2D eigenvalue weighted by Crippen LogP contribution is -2.63. The summed E-state index contributed by atoms with van der Waals surface area (Å²) in [5.41, 5.74) is 1.29. The number of alkyl halides is 3. The first-order chi connectivity index (χ1) is 23.0. The summed E-state index contributed by atoms with van der Waals surface area (Å²) in [6, 6.07) is 3.94. The summed E-state index contributed by atoms with van der Waals surface area (Å²) in [7, 11) is 0. The van der Waals surface area contributed by atoms with Crippen molar-refractivity contribution in [3.05, 3.63) is 58.7 Å². The number of rotatable bonds is 8. The van der Waals surface area contributed by atoms with Gasteiger partial charge in [-0.05, 0) is 58.2 Å². The molecule has 3 aliphatic heterocycles. The molecule has 49 heavy (non-hydrogen) atoms. The maximum absolute atomic E-state index is 13.4. The van der Waals surface area contributed by atoms with Gasteiger partial charge in [0.25, 0.3) is 5.91 Å². The molecule has 5 unspecified atom stereocenters. The highest BCUT2D eigenvalue weighted by Crippen LogP contribution is 2.36. The van der Waals surface area contributed by atoms with Gasteiger partial charge in [0.1, 0.15) is 24.6 Å². The van der Waals surface area contributed by atoms with Gasteiger partial charge in [-0.25, -0.2) is 14.8 Å². The third kappa shape index (κ3) is 7.75. The van der Waals surface area contributed by atoms with Crippen LogP contribution < -0.4 is 0 Å². The van der Waals surface area contributed by atoms with Crippen LogP contribution in [0, 0.1) is 13.8 Å². The Labute approximate surface area is 282 Å². The lowest BCUT2D eigenvalue weighted by molar-refractivity contribution is -0.297. The fraction of sp³-hybridized carbons (Fsp3) is 0.636. The second kappa shape index (κ2) is 14.5. The summed E-state index contributed by atoms with van der Waals surface area (Å²) in [6.07, 6.45) is -10.6. The molecule has 1 amide bonds. The van der Waals surface area contributed by atoms with Crippen LogP contribution in [0.1, 0.15) is 65.6 Å². The lowest BCUT2D eigenvalue weighted by atomic mass is 9.86. The van der Waals surface area contributed by atoms with Crippen LogP contribution in [0.2, 0.25) is 0 Å². The molecule has 0 spiro atoms. The molecule has 4 N–H and O–H groups in total. The van der Waals surface area contributed by atoms with Crippen molar-refractivity contribution in [3.63, 3.8) is 0 Å². The Kier molecular flexibility index (Phi) is 11.0. The number of benzene rings is 1. The number of carbonyl (C=O) groups excluding carboxylic acids is 1. The van der Waals surface area contributed by atoms with Gasteiger partial charge in [0.15, 0.2) is 12.4 Å². The Balaban J connectivity index is 1.29. The number of aliphatic carboxylic acids is 1.